The molecule has 3 heterocycles. The number of H-pyrrole nitrogens is 1. The van der Waals surface area contributed by atoms with Gasteiger partial charge in [-0.1, -0.05) is 5.16 Å². The van der Waals surface area contributed by atoms with E-state index in [0.29, 0.717) is 31.3 Å². The predicted octanol–water partition coefficient (Wildman–Crippen LogP) is 3.00. The van der Waals surface area contributed by atoms with Crippen LogP contribution in [0.4, 0.5) is 9.18 Å². The van der Waals surface area contributed by atoms with Gasteiger partial charge in [-0.05, 0) is 37.1 Å². The zero-order chi connectivity index (χ0) is 19.5. The van der Waals surface area contributed by atoms with Crippen molar-refractivity contribution in [1.82, 2.24) is 30.6 Å². The third-order valence-electron chi connectivity index (χ3n) is 4.90. The van der Waals surface area contributed by atoms with Crippen LogP contribution in [0.5, 0.6) is 0 Å². The van der Waals surface area contributed by atoms with Crippen LogP contribution in [0.25, 0.3) is 11.3 Å². The molecule has 0 saturated carbocycles. The van der Waals surface area contributed by atoms with Gasteiger partial charge < -0.3 is 14.7 Å². The van der Waals surface area contributed by atoms with Gasteiger partial charge in [-0.2, -0.15) is 10.1 Å². The SMILES string of the molecule is Cc1nc([C@H]2CCCN(C(=O)NCc3cn[nH]c3-c3ccc(F)cc3)C2)no1. The first-order chi connectivity index (χ1) is 13.6. The maximum Gasteiger partial charge on any atom is 0.317 e. The molecule has 2 N–H and O–H groups in total. The highest BCUT2D eigenvalue weighted by molar-refractivity contribution is 5.75. The molecule has 28 heavy (non-hydrogen) atoms. The highest BCUT2D eigenvalue weighted by Crippen LogP contribution is 2.25. The number of carbonyl (C=O) groups is 1. The smallest absolute Gasteiger partial charge is 0.317 e. The number of nitrogens with zero attached hydrogens (tertiary/aromatic N) is 4. The molecule has 8 nitrogen and oxygen atoms in total. The van der Waals surface area contributed by atoms with Gasteiger partial charge >= 0.3 is 6.03 Å². The Morgan fingerprint density at radius 3 is 2.96 bits per heavy atom. The quantitative estimate of drug-likeness (QED) is 0.720. The highest BCUT2D eigenvalue weighted by Gasteiger charge is 2.27. The number of hydrogen-bond acceptors (Lipinski definition) is 5. The normalized spacial score (nSPS) is 16.9. The maximum atomic E-state index is 13.1. The standard InChI is InChI=1S/C19H21FN6O2/c1-12-23-18(25-28-12)14-3-2-8-26(11-14)19(27)21-9-15-10-22-24-17(15)13-4-6-16(20)7-5-13/h4-7,10,14H,2-3,8-9,11H2,1H3,(H,21,27)(H,22,24)/t14-/m0/s1. The van der Waals surface area contributed by atoms with Crippen LogP contribution in [-0.4, -0.2) is 44.4 Å². The van der Waals surface area contributed by atoms with Crippen molar-refractivity contribution < 1.29 is 13.7 Å². The van der Waals surface area contributed by atoms with E-state index in [1.54, 1.807) is 30.2 Å². The lowest BCUT2D eigenvalue weighted by Crippen LogP contribution is -2.44. The lowest BCUT2D eigenvalue weighted by atomic mass is 9.98. The Morgan fingerprint density at radius 2 is 2.21 bits per heavy atom. The number of benzene rings is 1. The van der Waals surface area contributed by atoms with E-state index >= 15 is 0 Å². The number of aromatic nitrogens is 4. The first kappa shape index (κ1) is 18.1. The van der Waals surface area contributed by atoms with Gasteiger partial charge in [0.2, 0.25) is 5.89 Å². The van der Waals surface area contributed by atoms with Gasteiger partial charge in [0.1, 0.15) is 5.82 Å². The molecule has 4 rings (SSSR count). The van der Waals surface area contributed by atoms with Crippen LogP contribution in [0.2, 0.25) is 0 Å². The molecule has 2 amide bonds. The number of nitrogens with one attached hydrogen (secondary N) is 2. The zero-order valence-electron chi connectivity index (χ0n) is 15.5. The van der Waals surface area contributed by atoms with Crippen LogP contribution >= 0.6 is 0 Å². The van der Waals surface area contributed by atoms with Crippen molar-refractivity contribution in [2.24, 2.45) is 0 Å². The summed E-state index contributed by atoms with van der Waals surface area (Å²) >= 11 is 0. The van der Waals surface area contributed by atoms with Crippen LogP contribution in [0, 0.1) is 12.7 Å². The molecular formula is C19H21FN6O2. The fourth-order valence-electron chi connectivity index (χ4n) is 3.45. The van der Waals surface area contributed by atoms with Gasteiger partial charge in [-0.25, -0.2) is 9.18 Å². The lowest BCUT2D eigenvalue weighted by molar-refractivity contribution is 0.177. The molecule has 2 aromatic heterocycles. The van der Waals surface area contributed by atoms with E-state index in [1.807, 2.05) is 0 Å². The number of piperidine rings is 1. The van der Waals surface area contributed by atoms with E-state index < -0.39 is 0 Å². The van der Waals surface area contributed by atoms with Crippen LogP contribution in [-0.2, 0) is 6.54 Å². The molecule has 1 fully saturated rings. The van der Waals surface area contributed by atoms with Crippen LogP contribution in [0.15, 0.2) is 35.0 Å². The number of amides is 2. The van der Waals surface area contributed by atoms with Gasteiger partial charge in [0.15, 0.2) is 5.82 Å². The number of rotatable bonds is 4. The van der Waals surface area contributed by atoms with Gasteiger partial charge in [0, 0.05) is 43.6 Å². The molecule has 1 aliphatic heterocycles. The summed E-state index contributed by atoms with van der Waals surface area (Å²) in [4.78, 5) is 18.7. The van der Waals surface area contributed by atoms with Gasteiger partial charge in [-0.3, -0.25) is 5.10 Å². The summed E-state index contributed by atoms with van der Waals surface area (Å²) in [6, 6.07) is 6.00. The minimum atomic E-state index is -0.297. The van der Waals surface area contributed by atoms with Crippen molar-refractivity contribution in [3.8, 4) is 11.3 Å². The minimum Gasteiger partial charge on any atom is -0.340 e. The topological polar surface area (TPSA) is 99.9 Å². The molecule has 146 valence electrons. The third-order valence-corrected chi connectivity index (χ3v) is 4.90. The average molecular weight is 384 g/mol. The Kier molecular flexibility index (Phi) is 5.05. The fraction of sp³-hybridized carbons (Fsp3) is 0.368. The molecule has 0 spiro atoms. The molecule has 3 aromatic rings. The van der Waals surface area contributed by atoms with E-state index in [1.165, 1.54) is 12.1 Å². The van der Waals surface area contributed by atoms with Gasteiger partial charge in [0.25, 0.3) is 0 Å². The summed E-state index contributed by atoms with van der Waals surface area (Å²) in [6.07, 6.45) is 3.48. The van der Waals surface area contributed by atoms with Crippen LogP contribution in [0.3, 0.4) is 0 Å². The van der Waals surface area contributed by atoms with Crippen molar-refractivity contribution in [1.29, 1.82) is 0 Å². The number of carbonyl (C=O) groups excluding carboxylic acids is 1. The summed E-state index contributed by atoms with van der Waals surface area (Å²) < 4.78 is 18.2. The van der Waals surface area contributed by atoms with Crippen molar-refractivity contribution in [2.45, 2.75) is 32.2 Å². The van der Waals surface area contributed by atoms with Crippen molar-refractivity contribution in [2.75, 3.05) is 13.1 Å². The molecule has 0 aliphatic carbocycles. The van der Waals surface area contributed by atoms with Crippen molar-refractivity contribution >= 4 is 6.03 Å². The first-order valence-electron chi connectivity index (χ1n) is 9.21. The second-order valence-electron chi connectivity index (χ2n) is 6.89. The number of halogens is 1. The van der Waals surface area contributed by atoms with Gasteiger partial charge in [0.05, 0.1) is 11.9 Å². The Morgan fingerprint density at radius 1 is 1.39 bits per heavy atom. The second kappa shape index (κ2) is 7.79. The molecule has 9 heteroatoms. The molecule has 1 atom stereocenters. The van der Waals surface area contributed by atoms with E-state index in [-0.39, 0.29) is 17.8 Å². The maximum absolute atomic E-state index is 13.1. The Hall–Kier alpha value is -3.23. The molecule has 0 radical (unpaired) electrons. The van der Waals surface area contributed by atoms with Crippen LogP contribution < -0.4 is 5.32 Å². The summed E-state index contributed by atoms with van der Waals surface area (Å²) in [7, 11) is 0. The number of likely N-dealkylation sites (tertiary alicyclic amines) is 1. The summed E-state index contributed by atoms with van der Waals surface area (Å²) in [5, 5.41) is 13.9. The Balaban J connectivity index is 1.38. The molecule has 0 unspecified atom stereocenters. The van der Waals surface area contributed by atoms with Crippen molar-refractivity contribution in [3.05, 3.63) is 53.6 Å². The monoisotopic (exact) mass is 384 g/mol. The van der Waals surface area contributed by atoms with Gasteiger partial charge in [-0.15, -0.1) is 0 Å². The third kappa shape index (κ3) is 3.88. The summed E-state index contributed by atoms with van der Waals surface area (Å²) in [5.74, 6) is 0.975. The summed E-state index contributed by atoms with van der Waals surface area (Å²) in [6.45, 7) is 3.33. The molecule has 1 aromatic carbocycles. The molecule has 0 bridgehead atoms. The van der Waals surface area contributed by atoms with Crippen molar-refractivity contribution in [3.63, 3.8) is 0 Å². The largest absolute Gasteiger partial charge is 0.340 e. The van der Waals surface area contributed by atoms with Crippen LogP contribution in [0.1, 0.15) is 36.0 Å². The molecular weight excluding hydrogens is 363 g/mol. The number of urea groups is 1. The minimum absolute atomic E-state index is 0.0839. The predicted molar refractivity (Wildman–Crippen MR) is 98.8 cm³/mol. The number of aryl methyl sites for hydroxylation is 1. The average Bonchev–Trinajstić information content (AvgIpc) is 3.36. The Labute approximate surface area is 161 Å². The lowest BCUT2D eigenvalue weighted by Gasteiger charge is -2.31. The summed E-state index contributed by atoms with van der Waals surface area (Å²) in [5.41, 5.74) is 2.41. The van der Waals surface area contributed by atoms with E-state index in [0.717, 1.165) is 29.7 Å². The number of hydrogen-bond donors (Lipinski definition) is 2. The van der Waals surface area contributed by atoms with E-state index in [9.17, 15) is 9.18 Å². The fourth-order valence-corrected chi connectivity index (χ4v) is 3.45. The second-order valence-corrected chi connectivity index (χ2v) is 6.89. The number of aromatic amines is 1. The molecule has 1 saturated heterocycles. The first-order valence-corrected chi connectivity index (χ1v) is 9.21. The van der Waals surface area contributed by atoms with E-state index in [4.69, 9.17) is 4.52 Å². The highest BCUT2D eigenvalue weighted by atomic mass is 19.1. The van der Waals surface area contributed by atoms with E-state index in [2.05, 4.69) is 25.7 Å². The Bertz CT molecular complexity index is 952. The molecule has 1 aliphatic rings. The zero-order valence-corrected chi connectivity index (χ0v) is 15.5.